The number of likely N-dealkylation sites (tertiary alicyclic amines) is 1. The average molecular weight is 325 g/mol. The van der Waals surface area contributed by atoms with E-state index in [-0.39, 0.29) is 18.1 Å². The van der Waals surface area contributed by atoms with Crippen molar-refractivity contribution in [1.29, 1.82) is 0 Å². The molecule has 2 aliphatic heterocycles. The van der Waals surface area contributed by atoms with Gasteiger partial charge in [0.15, 0.2) is 0 Å². The molecule has 0 aliphatic carbocycles. The van der Waals surface area contributed by atoms with Crippen molar-refractivity contribution < 1.29 is 9.53 Å². The molecule has 1 aromatic heterocycles. The van der Waals surface area contributed by atoms with E-state index in [9.17, 15) is 4.79 Å². The molecule has 0 bridgehead atoms. The lowest BCUT2D eigenvalue weighted by Crippen LogP contribution is -2.51. The quantitative estimate of drug-likeness (QED) is 0.888. The van der Waals surface area contributed by atoms with Crippen LogP contribution in [0.3, 0.4) is 0 Å². The number of aromatic nitrogens is 1. The fourth-order valence-electron chi connectivity index (χ4n) is 3.29. The fraction of sp³-hybridized carbons (Fsp3) is 0.600. The summed E-state index contributed by atoms with van der Waals surface area (Å²) in [6, 6.07) is 2.42. The van der Waals surface area contributed by atoms with Gasteiger partial charge in [0.1, 0.15) is 0 Å². The second-order valence-corrected chi connectivity index (χ2v) is 6.21. The molecule has 2 atom stereocenters. The van der Waals surface area contributed by atoms with Gasteiger partial charge >= 0.3 is 6.03 Å². The maximum atomic E-state index is 12.1. The summed E-state index contributed by atoms with van der Waals surface area (Å²) in [6.45, 7) is 3.82. The lowest BCUT2D eigenvalue weighted by Gasteiger charge is -2.36. The summed E-state index contributed by atoms with van der Waals surface area (Å²) in [5, 5.41) is 3.79. The predicted octanol–water partition coefficient (Wildman–Crippen LogP) is 1.35. The molecule has 2 fully saturated rings. The van der Waals surface area contributed by atoms with E-state index < -0.39 is 0 Å². The molecule has 22 heavy (non-hydrogen) atoms. The van der Waals surface area contributed by atoms with Gasteiger partial charge in [0.05, 0.1) is 23.7 Å². The van der Waals surface area contributed by atoms with Crippen molar-refractivity contribution >= 4 is 17.6 Å². The van der Waals surface area contributed by atoms with Crippen LogP contribution in [0.1, 0.15) is 12.0 Å². The number of amides is 2. The van der Waals surface area contributed by atoms with Crippen LogP contribution < -0.4 is 5.32 Å². The Bertz CT molecular complexity index is 542. The zero-order valence-corrected chi connectivity index (χ0v) is 13.4. The van der Waals surface area contributed by atoms with Crippen LogP contribution in [-0.2, 0) is 11.3 Å². The van der Waals surface area contributed by atoms with Crippen molar-refractivity contribution in [2.75, 3.05) is 33.4 Å². The normalized spacial score (nSPS) is 25.2. The first-order chi connectivity index (χ1) is 10.7. The number of halogens is 1. The van der Waals surface area contributed by atoms with Gasteiger partial charge in [-0.2, -0.15) is 0 Å². The summed E-state index contributed by atoms with van der Waals surface area (Å²) < 4.78 is 5.09. The maximum Gasteiger partial charge on any atom is 0.318 e. The minimum absolute atomic E-state index is 0.0239. The molecule has 1 N–H and O–H groups in total. The second-order valence-electron chi connectivity index (χ2n) is 5.80. The molecule has 2 amide bonds. The number of fused-ring (bicyclic) bond motifs is 1. The number of ether oxygens (including phenoxy) is 1. The van der Waals surface area contributed by atoms with E-state index in [4.69, 9.17) is 16.3 Å². The Hall–Kier alpha value is -1.37. The van der Waals surface area contributed by atoms with Crippen LogP contribution in [0, 0.1) is 0 Å². The van der Waals surface area contributed by atoms with Crippen molar-refractivity contribution in [3.05, 3.63) is 29.0 Å². The Morgan fingerprint density at radius 1 is 1.55 bits per heavy atom. The third-order valence-electron chi connectivity index (χ3n) is 4.42. The number of carbonyl (C=O) groups is 1. The summed E-state index contributed by atoms with van der Waals surface area (Å²) in [6.07, 6.45) is 4.40. The van der Waals surface area contributed by atoms with Crippen LogP contribution >= 0.6 is 11.6 Å². The van der Waals surface area contributed by atoms with E-state index in [0.717, 1.165) is 31.6 Å². The molecule has 0 spiro atoms. The summed E-state index contributed by atoms with van der Waals surface area (Å²) in [4.78, 5) is 20.3. The molecular formula is C15H21ClN4O2. The molecule has 0 unspecified atom stereocenters. The minimum Gasteiger partial charge on any atom is -0.383 e. The smallest absolute Gasteiger partial charge is 0.318 e. The zero-order valence-electron chi connectivity index (χ0n) is 12.7. The summed E-state index contributed by atoms with van der Waals surface area (Å²) in [5.74, 6) is 0. The highest BCUT2D eigenvalue weighted by atomic mass is 35.5. The van der Waals surface area contributed by atoms with E-state index in [1.54, 1.807) is 19.5 Å². The van der Waals surface area contributed by atoms with Gasteiger partial charge in [0, 0.05) is 45.7 Å². The van der Waals surface area contributed by atoms with Gasteiger partial charge in [0.25, 0.3) is 0 Å². The molecule has 0 radical (unpaired) electrons. The first-order valence-electron chi connectivity index (χ1n) is 7.56. The lowest BCUT2D eigenvalue weighted by molar-refractivity contribution is 0.111. The number of nitrogens with one attached hydrogen (secondary N) is 1. The van der Waals surface area contributed by atoms with Crippen LogP contribution in [0.25, 0.3) is 0 Å². The Balaban J connectivity index is 1.61. The van der Waals surface area contributed by atoms with Crippen molar-refractivity contribution in [3.63, 3.8) is 0 Å². The van der Waals surface area contributed by atoms with Crippen LogP contribution in [0.15, 0.2) is 18.5 Å². The van der Waals surface area contributed by atoms with Crippen LogP contribution in [0.5, 0.6) is 0 Å². The first kappa shape index (κ1) is 15.5. The summed E-state index contributed by atoms with van der Waals surface area (Å²) in [7, 11) is 1.66. The predicted molar refractivity (Wildman–Crippen MR) is 83.8 cm³/mol. The van der Waals surface area contributed by atoms with Gasteiger partial charge in [-0.25, -0.2) is 4.79 Å². The van der Waals surface area contributed by atoms with E-state index in [1.807, 2.05) is 11.0 Å². The molecule has 0 saturated carbocycles. The third kappa shape index (κ3) is 3.19. The number of piperidine rings is 1. The van der Waals surface area contributed by atoms with Crippen LogP contribution in [0.4, 0.5) is 4.79 Å². The number of pyridine rings is 1. The molecule has 3 rings (SSSR count). The SMILES string of the molecule is COCCN1C(=O)N[C@@H]2CN(Cc3ccncc3Cl)CC[C@@H]21. The van der Waals surface area contributed by atoms with Crippen molar-refractivity contribution in [2.45, 2.75) is 25.0 Å². The van der Waals surface area contributed by atoms with E-state index >= 15 is 0 Å². The summed E-state index contributed by atoms with van der Waals surface area (Å²) >= 11 is 6.18. The highest BCUT2D eigenvalue weighted by Crippen LogP contribution is 2.25. The van der Waals surface area contributed by atoms with Crippen LogP contribution in [-0.4, -0.2) is 66.2 Å². The van der Waals surface area contributed by atoms with Gasteiger partial charge in [-0.05, 0) is 18.1 Å². The van der Waals surface area contributed by atoms with Crippen molar-refractivity contribution in [2.24, 2.45) is 0 Å². The molecule has 120 valence electrons. The van der Waals surface area contributed by atoms with Gasteiger partial charge < -0.3 is 15.0 Å². The molecule has 2 aliphatic rings. The lowest BCUT2D eigenvalue weighted by atomic mass is 9.99. The number of hydrogen-bond donors (Lipinski definition) is 1. The van der Waals surface area contributed by atoms with E-state index in [0.29, 0.717) is 18.2 Å². The standard InChI is InChI=1S/C15H21ClN4O2/c1-22-7-6-20-14-3-5-19(10-13(14)18-15(20)21)9-11-2-4-17-8-12(11)16/h2,4,8,13-14H,3,5-7,9-10H2,1H3,(H,18,21)/t13-,14+/m1/s1. The Morgan fingerprint density at radius 3 is 3.18 bits per heavy atom. The molecule has 2 saturated heterocycles. The highest BCUT2D eigenvalue weighted by Gasteiger charge is 2.42. The molecule has 6 nitrogen and oxygen atoms in total. The molecular weight excluding hydrogens is 304 g/mol. The number of rotatable bonds is 5. The topological polar surface area (TPSA) is 57.7 Å². The van der Waals surface area contributed by atoms with Gasteiger partial charge in [-0.1, -0.05) is 11.6 Å². The maximum absolute atomic E-state index is 12.1. The number of hydrogen-bond acceptors (Lipinski definition) is 4. The molecule has 1 aromatic rings. The minimum atomic E-state index is 0.0239. The highest BCUT2D eigenvalue weighted by molar-refractivity contribution is 6.31. The molecule has 7 heteroatoms. The Kier molecular flexibility index (Phi) is 4.81. The summed E-state index contributed by atoms with van der Waals surface area (Å²) in [5.41, 5.74) is 1.08. The monoisotopic (exact) mass is 324 g/mol. The number of carbonyl (C=O) groups excluding carboxylic acids is 1. The zero-order chi connectivity index (χ0) is 15.5. The average Bonchev–Trinajstić information content (AvgIpc) is 2.82. The van der Waals surface area contributed by atoms with Crippen molar-refractivity contribution in [3.8, 4) is 0 Å². The first-order valence-corrected chi connectivity index (χ1v) is 7.93. The fourth-order valence-corrected chi connectivity index (χ4v) is 3.47. The van der Waals surface area contributed by atoms with Gasteiger partial charge in [-0.15, -0.1) is 0 Å². The molecule has 3 heterocycles. The number of methoxy groups -OCH3 is 1. The Labute approximate surface area is 135 Å². The van der Waals surface area contributed by atoms with Gasteiger partial charge in [0.2, 0.25) is 0 Å². The van der Waals surface area contributed by atoms with Crippen molar-refractivity contribution in [1.82, 2.24) is 20.1 Å². The van der Waals surface area contributed by atoms with E-state index in [1.165, 1.54) is 0 Å². The van der Waals surface area contributed by atoms with Gasteiger partial charge in [-0.3, -0.25) is 9.88 Å². The number of nitrogens with zero attached hydrogens (tertiary/aromatic N) is 3. The van der Waals surface area contributed by atoms with Crippen LogP contribution in [0.2, 0.25) is 5.02 Å². The molecule has 0 aromatic carbocycles. The van der Waals surface area contributed by atoms with E-state index in [2.05, 4.69) is 15.2 Å². The number of urea groups is 1. The largest absolute Gasteiger partial charge is 0.383 e. The second kappa shape index (κ2) is 6.81. The Morgan fingerprint density at radius 2 is 2.41 bits per heavy atom. The third-order valence-corrected chi connectivity index (χ3v) is 4.76.